The molecule has 8 heteroatoms. The van der Waals surface area contributed by atoms with Crippen LogP contribution in [-0.2, 0) is 16.1 Å². The summed E-state index contributed by atoms with van der Waals surface area (Å²) in [4.78, 5) is 11.6. The Morgan fingerprint density at radius 3 is 2.54 bits per heavy atom. The van der Waals surface area contributed by atoms with Crippen LogP contribution in [0, 0.1) is 4.78 Å². The van der Waals surface area contributed by atoms with E-state index in [2.05, 4.69) is 20.0 Å². The van der Waals surface area contributed by atoms with Crippen molar-refractivity contribution in [3.63, 3.8) is 0 Å². The predicted octanol–water partition coefficient (Wildman–Crippen LogP) is 2.74. The minimum Gasteiger partial charge on any atom is -0.356 e. The number of nitrogens with one attached hydrogen (secondary N) is 1. The Hall–Kier alpha value is -2.48. The van der Waals surface area contributed by atoms with Crippen molar-refractivity contribution in [2.24, 2.45) is 0 Å². The lowest BCUT2D eigenvalue weighted by atomic mass is 10.1. The van der Waals surface area contributed by atoms with Gasteiger partial charge in [0.1, 0.15) is 12.1 Å². The molecule has 0 spiro atoms. The van der Waals surface area contributed by atoms with Crippen molar-refractivity contribution in [1.82, 2.24) is 19.6 Å². The molecule has 1 saturated heterocycles. The molecule has 1 aliphatic rings. The molecule has 1 aromatic carbocycles. The van der Waals surface area contributed by atoms with Crippen molar-refractivity contribution in [3.8, 4) is 0 Å². The van der Waals surface area contributed by atoms with Crippen molar-refractivity contribution < 1.29 is 4.21 Å². The minimum atomic E-state index is -2.68. The summed E-state index contributed by atoms with van der Waals surface area (Å²) in [7, 11) is -2.68. The number of aromatic nitrogens is 4. The molecule has 1 aliphatic heterocycles. The van der Waals surface area contributed by atoms with E-state index in [1.807, 2.05) is 22.8 Å². The Morgan fingerprint density at radius 2 is 1.85 bits per heavy atom. The first-order valence-corrected chi connectivity index (χ1v) is 10.7. The van der Waals surface area contributed by atoms with E-state index in [1.165, 1.54) is 25.5 Å². The van der Waals surface area contributed by atoms with Crippen molar-refractivity contribution in [3.05, 3.63) is 47.9 Å². The van der Waals surface area contributed by atoms with E-state index in [0.717, 1.165) is 30.0 Å². The van der Waals surface area contributed by atoms with Crippen LogP contribution in [0.25, 0.3) is 5.78 Å². The summed E-state index contributed by atoms with van der Waals surface area (Å²) >= 11 is 0. The van der Waals surface area contributed by atoms with Gasteiger partial charge >= 0.3 is 0 Å². The Balaban J connectivity index is 1.71. The Morgan fingerprint density at radius 1 is 1.12 bits per heavy atom. The van der Waals surface area contributed by atoms with Gasteiger partial charge in [0.2, 0.25) is 0 Å². The summed E-state index contributed by atoms with van der Waals surface area (Å²) in [5, 5.41) is 4.38. The van der Waals surface area contributed by atoms with E-state index in [1.54, 1.807) is 18.5 Å². The molecule has 1 N–H and O–H groups in total. The predicted molar refractivity (Wildman–Crippen MR) is 101 cm³/mol. The van der Waals surface area contributed by atoms with Crippen LogP contribution in [0.1, 0.15) is 30.4 Å². The molecule has 3 heterocycles. The molecule has 26 heavy (non-hydrogen) atoms. The number of hydrogen-bond donors (Lipinski definition) is 1. The molecule has 1 unspecified atom stereocenters. The normalized spacial score (nSPS) is 17.3. The minimum absolute atomic E-state index is 0.558. The van der Waals surface area contributed by atoms with Gasteiger partial charge in [-0.25, -0.2) is 14.0 Å². The highest BCUT2D eigenvalue weighted by Crippen LogP contribution is 2.26. The Bertz CT molecular complexity index is 1020. The van der Waals surface area contributed by atoms with Gasteiger partial charge in [0, 0.05) is 42.4 Å². The smallest absolute Gasteiger partial charge is 0.254 e. The van der Waals surface area contributed by atoms with Crippen LogP contribution >= 0.6 is 0 Å². The van der Waals surface area contributed by atoms with E-state index < -0.39 is 9.73 Å². The first-order chi connectivity index (χ1) is 12.5. The number of piperidine rings is 1. The molecule has 2 aromatic heterocycles. The maximum atomic E-state index is 11.9. The molecule has 0 aliphatic carbocycles. The lowest BCUT2D eigenvalue weighted by molar-refractivity contribution is 0.566. The van der Waals surface area contributed by atoms with Crippen molar-refractivity contribution in [1.29, 1.82) is 4.78 Å². The first-order valence-electron chi connectivity index (χ1n) is 8.78. The summed E-state index contributed by atoms with van der Waals surface area (Å²) in [6, 6.07) is 7.45. The largest absolute Gasteiger partial charge is 0.356 e. The average molecular weight is 370 g/mol. The number of anilines is 1. The maximum absolute atomic E-state index is 11.9. The quantitative estimate of drug-likeness (QED) is 0.763. The number of benzene rings is 1. The molecule has 1 fully saturated rings. The van der Waals surface area contributed by atoms with Crippen LogP contribution < -0.4 is 4.90 Å². The molecule has 7 nitrogen and oxygen atoms in total. The zero-order valence-electron chi connectivity index (χ0n) is 14.8. The molecule has 4 rings (SSSR count). The zero-order chi connectivity index (χ0) is 18.1. The van der Waals surface area contributed by atoms with Crippen LogP contribution in [-0.4, -0.2) is 43.1 Å². The third-order valence-corrected chi connectivity index (χ3v) is 5.95. The van der Waals surface area contributed by atoms with Gasteiger partial charge in [0.05, 0.1) is 9.73 Å². The highest BCUT2D eigenvalue weighted by molar-refractivity contribution is 7.91. The van der Waals surface area contributed by atoms with Gasteiger partial charge in [-0.1, -0.05) is 12.1 Å². The fourth-order valence-corrected chi connectivity index (χ4v) is 4.11. The van der Waals surface area contributed by atoms with E-state index in [9.17, 15) is 4.21 Å². The molecule has 0 saturated carbocycles. The molecule has 0 bridgehead atoms. The zero-order valence-corrected chi connectivity index (χ0v) is 15.6. The summed E-state index contributed by atoms with van der Waals surface area (Å²) in [5.74, 6) is 1.68. The molecule has 3 aromatic rings. The van der Waals surface area contributed by atoms with E-state index in [0.29, 0.717) is 17.1 Å². The van der Waals surface area contributed by atoms with E-state index in [4.69, 9.17) is 4.78 Å². The second-order valence-electron chi connectivity index (χ2n) is 6.79. The Kier molecular flexibility index (Phi) is 4.36. The van der Waals surface area contributed by atoms with Crippen LogP contribution in [0.2, 0.25) is 0 Å². The van der Waals surface area contributed by atoms with Crippen LogP contribution in [0.15, 0.2) is 41.7 Å². The van der Waals surface area contributed by atoms with Gasteiger partial charge < -0.3 is 4.90 Å². The fraction of sp³-hybridized carbons (Fsp3) is 0.389. The fourth-order valence-electron chi connectivity index (χ4n) is 3.46. The van der Waals surface area contributed by atoms with Gasteiger partial charge in [-0.3, -0.25) is 0 Å². The van der Waals surface area contributed by atoms with Gasteiger partial charge in [0.25, 0.3) is 5.78 Å². The van der Waals surface area contributed by atoms with Crippen LogP contribution in [0.4, 0.5) is 5.82 Å². The Labute approximate surface area is 153 Å². The summed E-state index contributed by atoms with van der Waals surface area (Å²) in [6.07, 6.45) is 9.21. The lowest BCUT2D eigenvalue weighted by Crippen LogP contribution is -2.32. The van der Waals surface area contributed by atoms with E-state index in [-0.39, 0.29) is 0 Å². The number of rotatable bonds is 4. The highest BCUT2D eigenvalue weighted by atomic mass is 32.2. The number of nitrogens with zero attached hydrogens (tertiary/aromatic N) is 5. The monoisotopic (exact) mass is 370 g/mol. The van der Waals surface area contributed by atoms with Crippen LogP contribution in [0.5, 0.6) is 0 Å². The SMILES string of the molecule is CS(=N)(=O)c1ccc(Cc2cnc3ncnn3c2N2CCCCC2)cc1. The number of hydrogen-bond acceptors (Lipinski definition) is 6. The van der Waals surface area contributed by atoms with Crippen molar-refractivity contribution in [2.45, 2.75) is 30.6 Å². The molecule has 136 valence electrons. The highest BCUT2D eigenvalue weighted by Gasteiger charge is 2.19. The molecule has 1 atom stereocenters. The van der Waals surface area contributed by atoms with Gasteiger partial charge in [-0.2, -0.15) is 14.6 Å². The maximum Gasteiger partial charge on any atom is 0.254 e. The van der Waals surface area contributed by atoms with Gasteiger partial charge in [0.15, 0.2) is 0 Å². The lowest BCUT2D eigenvalue weighted by Gasteiger charge is -2.30. The van der Waals surface area contributed by atoms with E-state index >= 15 is 0 Å². The van der Waals surface area contributed by atoms with Crippen molar-refractivity contribution >= 4 is 21.3 Å². The molecular weight excluding hydrogens is 348 g/mol. The first kappa shape index (κ1) is 17.0. The average Bonchev–Trinajstić information content (AvgIpc) is 3.10. The van der Waals surface area contributed by atoms with Gasteiger partial charge in [-0.15, -0.1) is 0 Å². The number of fused-ring (bicyclic) bond motifs is 1. The third-order valence-electron chi connectivity index (χ3n) is 4.78. The summed E-state index contributed by atoms with van der Waals surface area (Å²) in [6.45, 7) is 2.03. The second kappa shape index (κ2) is 6.68. The standard InChI is InChI=1S/C18H22N6OS/c1-26(19,25)16-7-5-14(6-8-16)11-15-12-20-18-21-13-22-24(18)17(15)23-9-3-2-4-10-23/h5-8,12-13,19H,2-4,9-11H2,1H3. The van der Waals surface area contributed by atoms with Gasteiger partial charge in [-0.05, 0) is 37.0 Å². The topological polar surface area (TPSA) is 87.2 Å². The summed E-state index contributed by atoms with van der Waals surface area (Å²) < 4.78 is 21.4. The third kappa shape index (κ3) is 3.29. The molecular formula is C18H22N6OS. The second-order valence-corrected chi connectivity index (χ2v) is 8.95. The van der Waals surface area contributed by atoms with Crippen LogP contribution in [0.3, 0.4) is 0 Å². The van der Waals surface area contributed by atoms with Crippen molar-refractivity contribution in [2.75, 3.05) is 24.2 Å². The summed E-state index contributed by atoms with van der Waals surface area (Å²) in [5.41, 5.74) is 2.19. The molecule has 0 amide bonds. The molecule has 0 radical (unpaired) electrons.